The van der Waals surface area contributed by atoms with Crippen LogP contribution in [0.5, 0.6) is 5.75 Å². The molecule has 140 valence electrons. The molecule has 7 nitrogen and oxygen atoms in total. The summed E-state index contributed by atoms with van der Waals surface area (Å²) in [6.45, 7) is 0. The Bertz CT molecular complexity index is 1090. The number of halogens is 1. The molecule has 2 aromatic carbocycles. The van der Waals surface area contributed by atoms with Crippen molar-refractivity contribution in [1.29, 1.82) is 0 Å². The molecule has 3 aromatic rings. The Morgan fingerprint density at radius 2 is 1.74 bits per heavy atom. The van der Waals surface area contributed by atoms with Crippen LogP contribution in [0.25, 0.3) is 23.5 Å². The average molecular weight is 405 g/mol. The largest absolute Gasteiger partial charge is 0.507 e. The number of aromatic nitrogens is 3. The van der Waals surface area contributed by atoms with Gasteiger partial charge in [0.25, 0.3) is 0 Å². The second-order valence-electron chi connectivity index (χ2n) is 5.83. The van der Waals surface area contributed by atoms with E-state index in [1.807, 2.05) is 12.1 Å². The molecule has 0 aliphatic heterocycles. The summed E-state index contributed by atoms with van der Waals surface area (Å²) in [6, 6.07) is 13.5. The van der Waals surface area contributed by atoms with Gasteiger partial charge in [-0.05, 0) is 35.9 Å². The van der Waals surface area contributed by atoms with Gasteiger partial charge in [0.2, 0.25) is 0 Å². The van der Waals surface area contributed by atoms with Crippen LogP contribution >= 0.6 is 11.6 Å². The van der Waals surface area contributed by atoms with Gasteiger partial charge in [0.05, 0.1) is 5.56 Å². The monoisotopic (exact) mass is 404 g/mol. The third-order valence-corrected chi connectivity index (χ3v) is 5.58. The minimum atomic E-state index is -3.93. The Hall–Kier alpha value is -2.68. The molecule has 1 aromatic heterocycles. The lowest BCUT2D eigenvalue weighted by Crippen LogP contribution is -2.30. The highest BCUT2D eigenvalue weighted by Gasteiger charge is 2.25. The maximum Gasteiger partial charge on any atom is 0.324 e. The first kappa shape index (κ1) is 19.1. The molecule has 3 rings (SSSR count). The zero-order valence-corrected chi connectivity index (χ0v) is 16.2. The Kier molecular flexibility index (Phi) is 5.31. The summed E-state index contributed by atoms with van der Waals surface area (Å²) in [5, 5.41) is 14.8. The van der Waals surface area contributed by atoms with E-state index in [1.54, 1.807) is 42.5 Å². The molecular formula is C18H17ClN4O3S. The van der Waals surface area contributed by atoms with E-state index in [0.717, 1.165) is 14.0 Å². The van der Waals surface area contributed by atoms with E-state index in [4.69, 9.17) is 11.6 Å². The number of benzene rings is 2. The molecule has 0 saturated heterocycles. The molecule has 0 atom stereocenters. The minimum absolute atomic E-state index is 0.0255. The highest BCUT2D eigenvalue weighted by atomic mass is 35.5. The van der Waals surface area contributed by atoms with E-state index in [1.165, 1.54) is 20.2 Å². The van der Waals surface area contributed by atoms with Crippen molar-refractivity contribution in [2.24, 2.45) is 0 Å². The van der Waals surface area contributed by atoms with Crippen LogP contribution in [0.1, 0.15) is 11.4 Å². The Balaban J connectivity index is 2.10. The van der Waals surface area contributed by atoms with Gasteiger partial charge in [0.15, 0.2) is 11.6 Å². The van der Waals surface area contributed by atoms with Crippen LogP contribution in [-0.4, -0.2) is 46.1 Å². The molecule has 0 aliphatic rings. The molecule has 0 bridgehead atoms. The van der Waals surface area contributed by atoms with Crippen molar-refractivity contribution in [2.75, 3.05) is 14.1 Å². The molecule has 0 radical (unpaired) electrons. The molecule has 1 N–H and O–H groups in total. The van der Waals surface area contributed by atoms with Crippen molar-refractivity contribution >= 4 is 34.0 Å². The molecule has 0 amide bonds. The molecule has 0 unspecified atom stereocenters. The summed E-state index contributed by atoms with van der Waals surface area (Å²) in [7, 11) is -1.13. The molecule has 1 heterocycles. The van der Waals surface area contributed by atoms with Gasteiger partial charge < -0.3 is 5.11 Å². The van der Waals surface area contributed by atoms with E-state index in [9.17, 15) is 13.5 Å². The lowest BCUT2D eigenvalue weighted by molar-refractivity contribution is 0.476. The van der Waals surface area contributed by atoms with Crippen LogP contribution in [0.3, 0.4) is 0 Å². The van der Waals surface area contributed by atoms with Gasteiger partial charge in [0, 0.05) is 19.1 Å². The third-order valence-electron chi connectivity index (χ3n) is 3.71. The van der Waals surface area contributed by atoms with Crippen LogP contribution in [-0.2, 0) is 10.2 Å². The van der Waals surface area contributed by atoms with Gasteiger partial charge in [-0.1, -0.05) is 41.9 Å². The predicted molar refractivity (Wildman–Crippen MR) is 106 cm³/mol. The highest BCUT2D eigenvalue weighted by molar-refractivity contribution is 7.87. The van der Waals surface area contributed by atoms with Crippen LogP contribution in [0.15, 0.2) is 48.5 Å². The lowest BCUT2D eigenvalue weighted by Gasteiger charge is -2.12. The minimum Gasteiger partial charge on any atom is -0.507 e. The van der Waals surface area contributed by atoms with Crippen molar-refractivity contribution in [2.45, 2.75) is 0 Å². The van der Waals surface area contributed by atoms with Gasteiger partial charge in [-0.3, -0.25) is 0 Å². The van der Waals surface area contributed by atoms with Crippen molar-refractivity contribution in [3.63, 3.8) is 0 Å². The quantitative estimate of drug-likeness (QED) is 0.705. The summed E-state index contributed by atoms with van der Waals surface area (Å²) in [5.74, 6) is 0.125. The van der Waals surface area contributed by atoms with Gasteiger partial charge in [0.1, 0.15) is 5.75 Å². The lowest BCUT2D eigenvalue weighted by atomic mass is 10.2. The van der Waals surface area contributed by atoms with Crippen molar-refractivity contribution in [3.05, 3.63) is 64.9 Å². The topological polar surface area (TPSA) is 88.3 Å². The summed E-state index contributed by atoms with van der Waals surface area (Å²) in [6.07, 6.45) is 3.33. The average Bonchev–Trinajstić information content (AvgIpc) is 3.06. The van der Waals surface area contributed by atoms with E-state index >= 15 is 0 Å². The summed E-state index contributed by atoms with van der Waals surface area (Å²) in [5.41, 5.74) is 1.12. The number of nitrogens with zero attached hydrogens (tertiary/aromatic N) is 4. The molecule has 0 spiro atoms. The number of hydrogen-bond donors (Lipinski definition) is 1. The fraction of sp³-hybridized carbons (Fsp3) is 0.111. The Morgan fingerprint density at radius 3 is 2.37 bits per heavy atom. The Morgan fingerprint density at radius 1 is 1.07 bits per heavy atom. The predicted octanol–water partition coefficient (Wildman–Crippen LogP) is 3.13. The van der Waals surface area contributed by atoms with Crippen LogP contribution in [0, 0.1) is 0 Å². The molecule has 9 heteroatoms. The molecule has 27 heavy (non-hydrogen) atoms. The number of hydrogen-bond acceptors (Lipinski definition) is 5. The second-order valence-corrected chi connectivity index (χ2v) is 8.24. The van der Waals surface area contributed by atoms with Gasteiger partial charge in [-0.25, -0.2) is 4.98 Å². The zero-order valence-electron chi connectivity index (χ0n) is 14.6. The first-order chi connectivity index (χ1) is 12.8. The van der Waals surface area contributed by atoms with Crippen LogP contribution in [0.2, 0.25) is 5.02 Å². The number of para-hydroxylation sites is 1. The first-order valence-electron chi connectivity index (χ1n) is 7.91. The highest BCUT2D eigenvalue weighted by Crippen LogP contribution is 2.28. The fourth-order valence-electron chi connectivity index (χ4n) is 2.27. The number of phenols is 1. The molecular weight excluding hydrogens is 388 g/mol. The standard InChI is InChI=1S/C18H17ClN4O3S/c1-22(2)27(25,26)23-18(15-5-3-4-6-16(15)24)20-17(21-23)12-9-13-7-10-14(19)11-8-13/h3-12,24H,1-2H3. The van der Waals surface area contributed by atoms with E-state index < -0.39 is 10.2 Å². The van der Waals surface area contributed by atoms with E-state index in [0.29, 0.717) is 5.02 Å². The molecule has 0 fully saturated rings. The smallest absolute Gasteiger partial charge is 0.324 e. The van der Waals surface area contributed by atoms with Crippen molar-refractivity contribution in [3.8, 4) is 17.1 Å². The zero-order chi connectivity index (χ0) is 19.6. The van der Waals surface area contributed by atoms with Crippen LogP contribution in [0.4, 0.5) is 0 Å². The first-order valence-corrected chi connectivity index (χ1v) is 9.68. The van der Waals surface area contributed by atoms with Crippen molar-refractivity contribution in [1.82, 2.24) is 18.5 Å². The SMILES string of the molecule is CN(C)S(=O)(=O)n1nc(C=Cc2ccc(Cl)cc2)nc1-c1ccccc1O. The maximum atomic E-state index is 12.6. The van der Waals surface area contributed by atoms with Gasteiger partial charge in [-0.15, -0.1) is 9.19 Å². The fourth-order valence-corrected chi connectivity index (χ4v) is 3.25. The maximum absolute atomic E-state index is 12.6. The summed E-state index contributed by atoms with van der Waals surface area (Å²) in [4.78, 5) is 4.30. The number of rotatable bonds is 5. The summed E-state index contributed by atoms with van der Waals surface area (Å²) >= 11 is 5.87. The second kappa shape index (κ2) is 7.51. The number of phenolic OH excluding ortho intramolecular Hbond substituents is 1. The van der Waals surface area contributed by atoms with Crippen molar-refractivity contribution < 1.29 is 13.5 Å². The van der Waals surface area contributed by atoms with E-state index in [-0.39, 0.29) is 23.0 Å². The Labute approximate surface area is 162 Å². The van der Waals surface area contributed by atoms with Gasteiger partial charge in [-0.2, -0.15) is 12.7 Å². The number of aromatic hydroxyl groups is 1. The van der Waals surface area contributed by atoms with E-state index in [2.05, 4.69) is 10.1 Å². The molecule has 0 saturated carbocycles. The molecule has 0 aliphatic carbocycles. The van der Waals surface area contributed by atoms with Crippen LogP contribution < -0.4 is 0 Å². The normalized spacial score (nSPS) is 12.1. The summed E-state index contributed by atoms with van der Waals surface area (Å²) < 4.78 is 27.1. The third kappa shape index (κ3) is 4.02. The van der Waals surface area contributed by atoms with Gasteiger partial charge >= 0.3 is 10.2 Å².